The molecule has 1 aliphatic carbocycles. The standard InChI is InChI=1S/C11H15NO2S/c1-8(13)12(14)5-4-9-7-10(9)11-3-2-6-15-11/h2-3,6,9-10,14H,4-5,7H2,1H3. The number of hydrogen-bond acceptors (Lipinski definition) is 3. The smallest absolute Gasteiger partial charge is 0.242 e. The highest BCUT2D eigenvalue weighted by molar-refractivity contribution is 7.10. The first kappa shape index (κ1) is 10.6. The second-order valence-electron chi connectivity index (χ2n) is 4.05. The van der Waals surface area contributed by atoms with Crippen LogP contribution in [0.1, 0.15) is 30.6 Å². The Morgan fingerprint density at radius 3 is 3.13 bits per heavy atom. The van der Waals surface area contributed by atoms with Crippen LogP contribution < -0.4 is 0 Å². The Morgan fingerprint density at radius 2 is 2.53 bits per heavy atom. The molecule has 3 nitrogen and oxygen atoms in total. The van der Waals surface area contributed by atoms with Crippen molar-refractivity contribution in [3.8, 4) is 0 Å². The van der Waals surface area contributed by atoms with Crippen molar-refractivity contribution in [1.29, 1.82) is 0 Å². The number of carbonyl (C=O) groups excluding carboxylic acids is 1. The highest BCUT2D eigenvalue weighted by Gasteiger charge is 2.38. The molecule has 1 amide bonds. The zero-order valence-electron chi connectivity index (χ0n) is 8.72. The van der Waals surface area contributed by atoms with Gasteiger partial charge in [-0.05, 0) is 36.1 Å². The average Bonchev–Trinajstić information content (AvgIpc) is 2.76. The lowest BCUT2D eigenvalue weighted by Crippen LogP contribution is -2.25. The monoisotopic (exact) mass is 225 g/mol. The summed E-state index contributed by atoms with van der Waals surface area (Å²) in [6.45, 7) is 1.84. The molecule has 1 fully saturated rings. The van der Waals surface area contributed by atoms with Crippen molar-refractivity contribution in [2.45, 2.75) is 25.7 Å². The topological polar surface area (TPSA) is 40.5 Å². The minimum absolute atomic E-state index is 0.275. The summed E-state index contributed by atoms with van der Waals surface area (Å²) in [6, 6.07) is 4.24. The van der Waals surface area contributed by atoms with E-state index in [4.69, 9.17) is 0 Å². The Morgan fingerprint density at radius 1 is 1.73 bits per heavy atom. The Kier molecular flexibility index (Phi) is 3.07. The quantitative estimate of drug-likeness (QED) is 0.631. The molecule has 4 heteroatoms. The highest BCUT2D eigenvalue weighted by atomic mass is 32.1. The normalized spacial score (nSPS) is 23.9. The molecule has 1 N–H and O–H groups in total. The van der Waals surface area contributed by atoms with Gasteiger partial charge in [0.15, 0.2) is 0 Å². The molecular formula is C11H15NO2S. The molecule has 1 aromatic heterocycles. The van der Waals surface area contributed by atoms with Gasteiger partial charge in [0, 0.05) is 18.3 Å². The number of nitrogens with zero attached hydrogens (tertiary/aromatic N) is 1. The highest BCUT2D eigenvalue weighted by Crippen LogP contribution is 2.50. The van der Waals surface area contributed by atoms with Gasteiger partial charge in [0.1, 0.15) is 0 Å². The maximum atomic E-state index is 10.8. The number of hydroxylamine groups is 2. The van der Waals surface area contributed by atoms with Crippen LogP contribution in [0.15, 0.2) is 17.5 Å². The van der Waals surface area contributed by atoms with Crippen molar-refractivity contribution in [3.63, 3.8) is 0 Å². The number of amides is 1. The summed E-state index contributed by atoms with van der Waals surface area (Å²) in [4.78, 5) is 12.2. The first-order chi connectivity index (χ1) is 7.18. The molecular weight excluding hydrogens is 210 g/mol. The average molecular weight is 225 g/mol. The Balaban J connectivity index is 1.74. The molecule has 2 unspecified atom stereocenters. The van der Waals surface area contributed by atoms with Crippen LogP contribution in [0.3, 0.4) is 0 Å². The van der Waals surface area contributed by atoms with Gasteiger partial charge in [-0.1, -0.05) is 6.07 Å². The minimum Gasteiger partial charge on any atom is -0.286 e. The first-order valence-corrected chi connectivity index (χ1v) is 6.07. The van der Waals surface area contributed by atoms with Crippen molar-refractivity contribution in [3.05, 3.63) is 22.4 Å². The molecule has 2 atom stereocenters. The predicted octanol–water partition coefficient (Wildman–Crippen LogP) is 2.48. The summed E-state index contributed by atoms with van der Waals surface area (Å²) >= 11 is 1.79. The molecule has 0 spiro atoms. The maximum absolute atomic E-state index is 10.8. The van der Waals surface area contributed by atoms with E-state index in [1.165, 1.54) is 18.2 Å². The molecule has 0 aliphatic heterocycles. The van der Waals surface area contributed by atoms with Crippen molar-refractivity contribution < 1.29 is 10.0 Å². The fourth-order valence-electron chi connectivity index (χ4n) is 1.86. The van der Waals surface area contributed by atoms with E-state index in [0.29, 0.717) is 18.4 Å². The van der Waals surface area contributed by atoms with Gasteiger partial charge in [0.2, 0.25) is 5.91 Å². The molecule has 1 heterocycles. The first-order valence-electron chi connectivity index (χ1n) is 5.19. The summed E-state index contributed by atoms with van der Waals surface area (Å²) in [5, 5.41) is 12.1. The molecule has 15 heavy (non-hydrogen) atoms. The SMILES string of the molecule is CC(=O)N(O)CCC1CC1c1cccs1. The summed E-state index contributed by atoms with van der Waals surface area (Å²) in [5.41, 5.74) is 0. The van der Waals surface area contributed by atoms with Gasteiger partial charge >= 0.3 is 0 Å². The Bertz CT molecular complexity index is 336. The Hall–Kier alpha value is -0.870. The lowest BCUT2D eigenvalue weighted by atomic mass is 10.2. The second kappa shape index (κ2) is 4.33. The van der Waals surface area contributed by atoms with Crippen molar-refractivity contribution >= 4 is 17.2 Å². The van der Waals surface area contributed by atoms with Gasteiger partial charge in [-0.2, -0.15) is 0 Å². The van der Waals surface area contributed by atoms with Crippen molar-refractivity contribution in [2.24, 2.45) is 5.92 Å². The molecule has 1 saturated carbocycles. The zero-order chi connectivity index (χ0) is 10.8. The Labute approximate surface area is 93.3 Å². The minimum atomic E-state index is -0.275. The van der Waals surface area contributed by atoms with E-state index in [0.717, 1.165) is 11.5 Å². The van der Waals surface area contributed by atoms with E-state index >= 15 is 0 Å². The van der Waals surface area contributed by atoms with Crippen molar-refractivity contribution in [1.82, 2.24) is 5.06 Å². The summed E-state index contributed by atoms with van der Waals surface area (Å²) in [7, 11) is 0. The van der Waals surface area contributed by atoms with Crippen LogP contribution >= 0.6 is 11.3 Å². The molecule has 1 aliphatic rings. The predicted molar refractivity (Wildman–Crippen MR) is 59.0 cm³/mol. The lowest BCUT2D eigenvalue weighted by molar-refractivity contribution is -0.163. The van der Waals surface area contributed by atoms with E-state index in [-0.39, 0.29) is 5.91 Å². The lowest BCUT2D eigenvalue weighted by Gasteiger charge is -2.11. The van der Waals surface area contributed by atoms with Gasteiger partial charge in [-0.25, -0.2) is 5.06 Å². The van der Waals surface area contributed by atoms with Crippen LogP contribution in [0.25, 0.3) is 0 Å². The third-order valence-electron chi connectivity index (χ3n) is 2.91. The van der Waals surface area contributed by atoms with Gasteiger partial charge in [0.25, 0.3) is 0 Å². The summed E-state index contributed by atoms with van der Waals surface area (Å²) < 4.78 is 0. The third kappa shape index (κ3) is 2.58. The van der Waals surface area contributed by atoms with E-state index in [9.17, 15) is 10.0 Å². The third-order valence-corrected chi connectivity index (χ3v) is 3.91. The summed E-state index contributed by atoms with van der Waals surface area (Å²) in [5.74, 6) is 1.05. The van der Waals surface area contributed by atoms with Crippen LogP contribution in [0.2, 0.25) is 0 Å². The molecule has 1 aromatic rings. The van der Waals surface area contributed by atoms with Crippen molar-refractivity contribution in [2.75, 3.05) is 6.54 Å². The fourth-order valence-corrected chi connectivity index (χ4v) is 2.80. The molecule has 0 bridgehead atoms. The van der Waals surface area contributed by atoms with E-state index in [1.807, 2.05) is 0 Å². The molecule has 82 valence electrons. The van der Waals surface area contributed by atoms with Crippen LogP contribution in [0.4, 0.5) is 0 Å². The number of hydrogen-bond donors (Lipinski definition) is 1. The number of rotatable bonds is 4. The number of thiophene rings is 1. The zero-order valence-corrected chi connectivity index (χ0v) is 9.54. The largest absolute Gasteiger partial charge is 0.286 e. The van der Waals surface area contributed by atoms with Gasteiger partial charge in [-0.15, -0.1) is 11.3 Å². The van der Waals surface area contributed by atoms with Crippen LogP contribution in [0.5, 0.6) is 0 Å². The molecule has 0 saturated heterocycles. The fraction of sp³-hybridized carbons (Fsp3) is 0.545. The van der Waals surface area contributed by atoms with E-state index in [2.05, 4.69) is 17.5 Å². The van der Waals surface area contributed by atoms with Gasteiger partial charge in [-0.3, -0.25) is 10.0 Å². The maximum Gasteiger partial charge on any atom is 0.242 e. The van der Waals surface area contributed by atoms with Crippen LogP contribution in [-0.2, 0) is 4.79 Å². The molecule has 0 radical (unpaired) electrons. The van der Waals surface area contributed by atoms with Crippen LogP contribution in [0, 0.1) is 5.92 Å². The van der Waals surface area contributed by atoms with Gasteiger partial charge in [0.05, 0.1) is 0 Å². The van der Waals surface area contributed by atoms with Crippen LogP contribution in [-0.4, -0.2) is 22.7 Å². The molecule has 0 aromatic carbocycles. The van der Waals surface area contributed by atoms with E-state index in [1.54, 1.807) is 11.3 Å². The number of carbonyl (C=O) groups is 1. The van der Waals surface area contributed by atoms with E-state index < -0.39 is 0 Å². The van der Waals surface area contributed by atoms with Gasteiger partial charge < -0.3 is 0 Å². The molecule has 2 rings (SSSR count). The summed E-state index contributed by atoms with van der Waals surface area (Å²) in [6.07, 6.45) is 2.10. The second-order valence-corrected chi connectivity index (χ2v) is 5.03.